The number of hydrogen-bond donors (Lipinski definition) is 0. The van der Waals surface area contributed by atoms with Crippen molar-refractivity contribution in [3.05, 3.63) is 84.4 Å². The Bertz CT molecular complexity index is 1040. The molecule has 0 unspecified atom stereocenters. The highest BCUT2D eigenvalue weighted by Gasteiger charge is 2.18. The minimum atomic E-state index is -0.0618. The van der Waals surface area contributed by atoms with Gasteiger partial charge in [-0.05, 0) is 42.0 Å². The lowest BCUT2D eigenvalue weighted by Gasteiger charge is -2.18. The number of para-hydroxylation sites is 1. The van der Waals surface area contributed by atoms with Gasteiger partial charge in [0.1, 0.15) is 5.69 Å². The first-order chi connectivity index (χ1) is 12.7. The smallest absolute Gasteiger partial charge is 0.254 e. The highest BCUT2D eigenvalue weighted by Crippen LogP contribution is 2.26. The SMILES string of the molecule is CN(Cc1ccncc1)C(=O)c1cc(-c2ccco2)nc2ccccc12. The van der Waals surface area contributed by atoms with Gasteiger partial charge in [0.25, 0.3) is 5.91 Å². The standard InChI is InChI=1S/C21H17N3O2/c1-24(14-15-8-10-22-11-9-15)21(25)17-13-19(20-7-4-12-26-20)23-18-6-3-2-5-16(17)18/h2-13H,14H2,1H3. The van der Waals surface area contributed by atoms with Crippen LogP contribution < -0.4 is 0 Å². The number of hydrogen-bond acceptors (Lipinski definition) is 4. The van der Waals surface area contributed by atoms with Crippen molar-refractivity contribution in [2.75, 3.05) is 7.05 Å². The van der Waals surface area contributed by atoms with Crippen LogP contribution in [0.3, 0.4) is 0 Å². The zero-order valence-electron chi connectivity index (χ0n) is 14.3. The van der Waals surface area contributed by atoms with Crippen LogP contribution in [0.15, 0.2) is 77.7 Å². The lowest BCUT2D eigenvalue weighted by Crippen LogP contribution is -2.26. The summed E-state index contributed by atoms with van der Waals surface area (Å²) in [6.07, 6.45) is 5.05. The van der Waals surface area contributed by atoms with E-state index in [9.17, 15) is 4.79 Å². The van der Waals surface area contributed by atoms with Gasteiger partial charge >= 0.3 is 0 Å². The van der Waals surface area contributed by atoms with E-state index in [2.05, 4.69) is 9.97 Å². The Morgan fingerprint density at radius 1 is 1.08 bits per heavy atom. The normalized spacial score (nSPS) is 10.8. The van der Waals surface area contributed by atoms with E-state index in [0.29, 0.717) is 23.6 Å². The summed E-state index contributed by atoms with van der Waals surface area (Å²) in [5, 5.41) is 0.828. The minimum Gasteiger partial charge on any atom is -0.463 e. The Kier molecular flexibility index (Phi) is 4.19. The molecule has 1 amide bonds. The molecule has 5 heteroatoms. The zero-order chi connectivity index (χ0) is 17.9. The Labute approximate surface area is 150 Å². The third-order valence-electron chi connectivity index (χ3n) is 4.24. The predicted molar refractivity (Wildman–Crippen MR) is 99.5 cm³/mol. The fraction of sp³-hybridized carbons (Fsp3) is 0.0952. The second-order valence-corrected chi connectivity index (χ2v) is 6.07. The van der Waals surface area contributed by atoms with E-state index in [4.69, 9.17) is 4.42 Å². The van der Waals surface area contributed by atoms with Crippen LogP contribution in [-0.2, 0) is 6.54 Å². The van der Waals surface area contributed by atoms with Crippen LogP contribution in [0.1, 0.15) is 15.9 Å². The number of benzene rings is 1. The van der Waals surface area contributed by atoms with Crippen LogP contribution in [0, 0.1) is 0 Å². The fourth-order valence-electron chi connectivity index (χ4n) is 2.94. The summed E-state index contributed by atoms with van der Waals surface area (Å²) >= 11 is 0. The second kappa shape index (κ2) is 6.80. The summed E-state index contributed by atoms with van der Waals surface area (Å²) in [6.45, 7) is 0.508. The molecule has 0 radical (unpaired) electrons. The van der Waals surface area contributed by atoms with Gasteiger partial charge in [-0.3, -0.25) is 9.78 Å². The molecule has 3 aromatic heterocycles. The van der Waals surface area contributed by atoms with Gasteiger partial charge < -0.3 is 9.32 Å². The molecular formula is C21H17N3O2. The Morgan fingerprint density at radius 2 is 1.88 bits per heavy atom. The number of nitrogens with zero attached hydrogens (tertiary/aromatic N) is 3. The number of rotatable bonds is 4. The molecular weight excluding hydrogens is 326 g/mol. The Morgan fingerprint density at radius 3 is 2.65 bits per heavy atom. The second-order valence-electron chi connectivity index (χ2n) is 6.07. The molecule has 26 heavy (non-hydrogen) atoms. The van der Waals surface area contributed by atoms with Crippen molar-refractivity contribution in [3.63, 3.8) is 0 Å². The maximum atomic E-state index is 13.1. The predicted octanol–water partition coefficient (Wildman–Crippen LogP) is 4.16. The number of aromatic nitrogens is 2. The van der Waals surface area contributed by atoms with Crippen molar-refractivity contribution in [2.45, 2.75) is 6.54 Å². The summed E-state index contributed by atoms with van der Waals surface area (Å²) in [7, 11) is 1.80. The summed E-state index contributed by atoms with van der Waals surface area (Å²) in [5.41, 5.74) is 3.05. The summed E-state index contributed by atoms with van der Waals surface area (Å²) in [4.78, 5) is 23.5. The van der Waals surface area contributed by atoms with Crippen molar-refractivity contribution in [2.24, 2.45) is 0 Å². The van der Waals surface area contributed by atoms with Crippen LogP contribution >= 0.6 is 0 Å². The van der Waals surface area contributed by atoms with Gasteiger partial charge in [0.2, 0.25) is 0 Å². The van der Waals surface area contributed by atoms with Gasteiger partial charge in [0.05, 0.1) is 17.3 Å². The van der Waals surface area contributed by atoms with Gasteiger partial charge in [-0.15, -0.1) is 0 Å². The van der Waals surface area contributed by atoms with Crippen LogP contribution in [0.2, 0.25) is 0 Å². The average molecular weight is 343 g/mol. The van der Waals surface area contributed by atoms with E-state index in [1.807, 2.05) is 48.5 Å². The van der Waals surface area contributed by atoms with Crippen molar-refractivity contribution in [3.8, 4) is 11.5 Å². The van der Waals surface area contributed by atoms with Crippen molar-refractivity contribution >= 4 is 16.8 Å². The molecule has 128 valence electrons. The molecule has 0 aliphatic rings. The number of pyridine rings is 2. The molecule has 0 aliphatic heterocycles. The highest BCUT2D eigenvalue weighted by atomic mass is 16.3. The van der Waals surface area contributed by atoms with Crippen LogP contribution in [0.4, 0.5) is 0 Å². The quantitative estimate of drug-likeness (QED) is 0.558. The number of furan rings is 1. The third-order valence-corrected chi connectivity index (χ3v) is 4.24. The first-order valence-corrected chi connectivity index (χ1v) is 8.30. The Balaban J connectivity index is 1.75. The van der Waals surface area contributed by atoms with Gasteiger partial charge in [0, 0.05) is 31.4 Å². The number of carbonyl (C=O) groups is 1. The van der Waals surface area contributed by atoms with Gasteiger partial charge in [-0.25, -0.2) is 4.98 Å². The van der Waals surface area contributed by atoms with Gasteiger partial charge in [-0.1, -0.05) is 18.2 Å². The highest BCUT2D eigenvalue weighted by molar-refractivity contribution is 6.07. The molecule has 0 spiro atoms. The van der Waals surface area contributed by atoms with Crippen LogP contribution in [-0.4, -0.2) is 27.8 Å². The van der Waals surface area contributed by atoms with Crippen LogP contribution in [0.25, 0.3) is 22.4 Å². The first-order valence-electron chi connectivity index (χ1n) is 8.30. The van der Waals surface area contributed by atoms with Gasteiger partial charge in [-0.2, -0.15) is 0 Å². The summed E-state index contributed by atoms with van der Waals surface area (Å²) in [5.74, 6) is 0.579. The van der Waals surface area contributed by atoms with E-state index in [-0.39, 0.29) is 5.91 Å². The van der Waals surface area contributed by atoms with Crippen LogP contribution in [0.5, 0.6) is 0 Å². The molecule has 0 fully saturated rings. The molecule has 4 aromatic rings. The molecule has 0 aliphatic carbocycles. The number of fused-ring (bicyclic) bond motifs is 1. The molecule has 0 atom stereocenters. The number of carbonyl (C=O) groups excluding carboxylic acids is 1. The molecule has 0 N–H and O–H groups in total. The maximum absolute atomic E-state index is 13.1. The van der Waals surface area contributed by atoms with E-state index in [0.717, 1.165) is 16.5 Å². The molecule has 0 saturated heterocycles. The Hall–Kier alpha value is -3.47. The topological polar surface area (TPSA) is 59.2 Å². The third kappa shape index (κ3) is 3.07. The maximum Gasteiger partial charge on any atom is 0.254 e. The molecule has 0 bridgehead atoms. The lowest BCUT2D eigenvalue weighted by atomic mass is 10.1. The molecule has 3 heterocycles. The lowest BCUT2D eigenvalue weighted by molar-refractivity contribution is 0.0787. The zero-order valence-corrected chi connectivity index (χ0v) is 14.3. The van der Waals surface area contributed by atoms with E-state index >= 15 is 0 Å². The van der Waals surface area contributed by atoms with E-state index in [1.54, 1.807) is 36.7 Å². The molecule has 4 rings (SSSR count). The fourth-order valence-corrected chi connectivity index (χ4v) is 2.94. The number of amides is 1. The molecule has 0 saturated carbocycles. The van der Waals surface area contributed by atoms with Gasteiger partial charge in [0.15, 0.2) is 5.76 Å². The van der Waals surface area contributed by atoms with Crippen molar-refractivity contribution in [1.29, 1.82) is 0 Å². The van der Waals surface area contributed by atoms with Crippen molar-refractivity contribution in [1.82, 2.24) is 14.9 Å². The average Bonchev–Trinajstić information content (AvgIpc) is 3.22. The van der Waals surface area contributed by atoms with E-state index in [1.165, 1.54) is 0 Å². The largest absolute Gasteiger partial charge is 0.463 e. The molecule has 1 aromatic carbocycles. The van der Waals surface area contributed by atoms with E-state index < -0.39 is 0 Å². The summed E-state index contributed by atoms with van der Waals surface area (Å²) in [6, 6.07) is 16.9. The minimum absolute atomic E-state index is 0.0618. The monoisotopic (exact) mass is 343 g/mol. The summed E-state index contributed by atoms with van der Waals surface area (Å²) < 4.78 is 5.46. The van der Waals surface area contributed by atoms with Crippen molar-refractivity contribution < 1.29 is 9.21 Å². The first kappa shape index (κ1) is 16.0. The molecule has 5 nitrogen and oxygen atoms in total.